The Morgan fingerprint density at radius 2 is 0.826 bits per heavy atom. The molecule has 1 aliphatic heterocycles. The first-order chi connectivity index (χ1) is 33.8. The van der Waals surface area contributed by atoms with Gasteiger partial charge in [-0.3, -0.25) is 4.79 Å². The largest absolute Gasteiger partial charge is 0.394 e. The van der Waals surface area contributed by atoms with Gasteiger partial charge in [0.2, 0.25) is 5.91 Å². The summed E-state index contributed by atoms with van der Waals surface area (Å²) in [6.07, 6.45) is 59.0. The summed E-state index contributed by atoms with van der Waals surface area (Å²) in [6, 6.07) is -0.832. The number of unbranched alkanes of at least 4 members (excludes halogenated alkanes) is 34. The van der Waals surface area contributed by atoms with Gasteiger partial charge in [-0.25, -0.2) is 0 Å². The van der Waals surface area contributed by atoms with Crippen molar-refractivity contribution in [2.45, 2.75) is 314 Å². The monoisotopic (exact) mass is 974 g/mol. The van der Waals surface area contributed by atoms with Gasteiger partial charge in [-0.15, -0.1) is 0 Å². The highest BCUT2D eigenvalue weighted by atomic mass is 16.7. The summed E-state index contributed by atoms with van der Waals surface area (Å²) >= 11 is 0. The molecule has 0 aromatic carbocycles. The number of carbonyl (C=O) groups is 1. The molecule has 9 nitrogen and oxygen atoms in total. The maximum absolute atomic E-state index is 13.0. The van der Waals surface area contributed by atoms with Crippen molar-refractivity contribution in [2.75, 3.05) is 13.2 Å². The van der Waals surface area contributed by atoms with E-state index in [4.69, 9.17) is 9.47 Å². The van der Waals surface area contributed by atoms with Crippen molar-refractivity contribution < 1.29 is 39.8 Å². The van der Waals surface area contributed by atoms with Gasteiger partial charge in [0, 0.05) is 6.42 Å². The van der Waals surface area contributed by atoms with Crippen molar-refractivity contribution in [3.63, 3.8) is 0 Å². The van der Waals surface area contributed by atoms with E-state index in [-0.39, 0.29) is 12.5 Å². The Balaban J connectivity index is 2.27. The minimum atomic E-state index is -1.58. The zero-order chi connectivity index (χ0) is 50.1. The molecule has 1 rings (SSSR count). The summed E-state index contributed by atoms with van der Waals surface area (Å²) in [7, 11) is 0. The number of nitrogens with one attached hydrogen (secondary N) is 1. The fourth-order valence-corrected chi connectivity index (χ4v) is 9.18. The summed E-state index contributed by atoms with van der Waals surface area (Å²) in [4.78, 5) is 13.0. The Kier molecular flexibility index (Phi) is 47.0. The zero-order valence-electron chi connectivity index (χ0n) is 44.8. The molecule has 9 heteroatoms. The van der Waals surface area contributed by atoms with Crippen molar-refractivity contribution in [3.05, 3.63) is 48.6 Å². The normalized spacial score (nSPS) is 19.8. The number of hydrogen-bond donors (Lipinski definition) is 6. The van der Waals surface area contributed by atoms with Crippen LogP contribution in [0, 0.1) is 0 Å². The van der Waals surface area contributed by atoms with Gasteiger partial charge in [-0.05, 0) is 70.6 Å². The topological polar surface area (TPSA) is 149 Å². The number of allylic oxidation sites excluding steroid dienone is 7. The number of aliphatic hydroxyl groups is 5. The number of carbonyl (C=O) groups excluding carboxylic acids is 1. The molecule has 1 saturated heterocycles. The van der Waals surface area contributed by atoms with Crippen molar-refractivity contribution in [1.82, 2.24) is 5.32 Å². The molecule has 404 valence electrons. The second-order valence-corrected chi connectivity index (χ2v) is 20.4. The first-order valence-corrected chi connectivity index (χ1v) is 29.4. The molecule has 0 bridgehead atoms. The number of hydrogen-bond acceptors (Lipinski definition) is 8. The van der Waals surface area contributed by atoms with Crippen LogP contribution in [0.5, 0.6) is 0 Å². The van der Waals surface area contributed by atoms with Gasteiger partial charge in [-0.2, -0.15) is 0 Å². The summed E-state index contributed by atoms with van der Waals surface area (Å²) in [5, 5.41) is 54.5. The first kappa shape index (κ1) is 65.2. The summed E-state index contributed by atoms with van der Waals surface area (Å²) in [6.45, 7) is 3.78. The molecule has 0 saturated carbocycles. The number of ether oxygens (including phenoxy) is 2. The Morgan fingerprint density at radius 1 is 0.478 bits per heavy atom. The van der Waals surface area contributed by atoms with Gasteiger partial charge in [0.15, 0.2) is 6.29 Å². The highest BCUT2D eigenvalue weighted by molar-refractivity contribution is 5.76. The smallest absolute Gasteiger partial charge is 0.220 e. The maximum Gasteiger partial charge on any atom is 0.220 e. The van der Waals surface area contributed by atoms with Gasteiger partial charge in [0.25, 0.3) is 0 Å². The summed E-state index contributed by atoms with van der Waals surface area (Å²) in [5.41, 5.74) is 0. The molecular formula is C60H111NO8. The molecule has 1 fully saturated rings. The van der Waals surface area contributed by atoms with Gasteiger partial charge in [0.05, 0.1) is 25.4 Å². The van der Waals surface area contributed by atoms with Gasteiger partial charge < -0.3 is 40.3 Å². The Bertz CT molecular complexity index is 1220. The van der Waals surface area contributed by atoms with Crippen LogP contribution in [0.2, 0.25) is 0 Å². The lowest BCUT2D eigenvalue weighted by atomic mass is 9.99. The zero-order valence-corrected chi connectivity index (χ0v) is 44.8. The van der Waals surface area contributed by atoms with Crippen LogP contribution in [0.4, 0.5) is 0 Å². The number of aliphatic hydroxyl groups excluding tert-OH is 5. The van der Waals surface area contributed by atoms with E-state index in [0.29, 0.717) is 6.42 Å². The molecule has 0 spiro atoms. The molecule has 1 heterocycles. The van der Waals surface area contributed by atoms with Gasteiger partial charge in [-0.1, -0.05) is 242 Å². The van der Waals surface area contributed by atoms with Crippen LogP contribution in [-0.2, 0) is 14.3 Å². The van der Waals surface area contributed by atoms with Crippen molar-refractivity contribution in [3.8, 4) is 0 Å². The Labute approximate surface area is 424 Å². The van der Waals surface area contributed by atoms with Crippen molar-refractivity contribution in [1.29, 1.82) is 0 Å². The third-order valence-corrected chi connectivity index (χ3v) is 13.9. The predicted octanol–water partition coefficient (Wildman–Crippen LogP) is 14.5. The molecule has 7 atom stereocenters. The van der Waals surface area contributed by atoms with Crippen molar-refractivity contribution in [2.24, 2.45) is 0 Å². The molecule has 1 aliphatic rings. The third-order valence-electron chi connectivity index (χ3n) is 13.9. The molecule has 0 aromatic rings. The quantitative estimate of drug-likeness (QED) is 0.0261. The number of amides is 1. The second-order valence-electron chi connectivity index (χ2n) is 20.4. The lowest BCUT2D eigenvalue weighted by Crippen LogP contribution is -2.60. The van der Waals surface area contributed by atoms with E-state index in [1.165, 1.54) is 193 Å². The maximum atomic E-state index is 13.0. The average molecular weight is 975 g/mol. The van der Waals surface area contributed by atoms with E-state index in [2.05, 4.69) is 55.6 Å². The van der Waals surface area contributed by atoms with Crippen LogP contribution < -0.4 is 5.32 Å². The van der Waals surface area contributed by atoms with Crippen LogP contribution in [0.15, 0.2) is 48.6 Å². The second kappa shape index (κ2) is 49.7. The summed E-state index contributed by atoms with van der Waals surface area (Å²) < 4.78 is 11.3. The van der Waals surface area contributed by atoms with Crippen LogP contribution in [0.3, 0.4) is 0 Å². The minimum Gasteiger partial charge on any atom is -0.394 e. The Hall–Kier alpha value is -1.85. The molecule has 69 heavy (non-hydrogen) atoms. The fourth-order valence-electron chi connectivity index (χ4n) is 9.18. The molecule has 1 amide bonds. The first-order valence-electron chi connectivity index (χ1n) is 29.4. The van der Waals surface area contributed by atoms with Crippen molar-refractivity contribution >= 4 is 5.91 Å². The van der Waals surface area contributed by atoms with Gasteiger partial charge in [0.1, 0.15) is 24.4 Å². The van der Waals surface area contributed by atoms with E-state index < -0.39 is 49.5 Å². The highest BCUT2D eigenvalue weighted by Crippen LogP contribution is 2.23. The van der Waals surface area contributed by atoms with Crippen LogP contribution in [0.1, 0.15) is 271 Å². The lowest BCUT2D eigenvalue weighted by molar-refractivity contribution is -0.302. The molecule has 0 aromatic heterocycles. The van der Waals surface area contributed by atoms with Crippen LogP contribution in [-0.4, -0.2) is 87.5 Å². The predicted molar refractivity (Wildman–Crippen MR) is 290 cm³/mol. The molecular weight excluding hydrogens is 863 g/mol. The minimum absolute atomic E-state index is 0.193. The molecule has 7 unspecified atom stereocenters. The standard InChI is InChI=1S/C60H111NO8/c1-3-5-7-9-11-13-15-17-19-21-23-25-26-27-28-30-31-33-35-37-39-41-43-45-47-49-54(63)53(52-68-60-59(67)58(66)57(65)55(51-62)69-60)61-56(64)50-48-46-44-42-40-38-36-34-32-29-24-22-20-18-16-14-12-10-8-6-4-2/h29,31-33,39,41,47,49,53-55,57-60,62-63,65-67H,3-28,30,34-38,40,42-46,48,50-52H2,1-2H3,(H,61,64)/b32-29-,33-31+,41-39+,49-47+. The van der Waals surface area contributed by atoms with E-state index in [0.717, 1.165) is 57.8 Å². The van der Waals surface area contributed by atoms with E-state index in [1.54, 1.807) is 6.08 Å². The SMILES string of the molecule is CCCCCCCCCCCC/C=C\CCCCCCCCCC(=O)NC(COC1OC(CO)C(O)C(O)C1O)C(O)/C=C/CC/C=C/CC/C=C/CCCCCCCCCCCCCCCCC. The lowest BCUT2D eigenvalue weighted by Gasteiger charge is -2.40. The van der Waals surface area contributed by atoms with E-state index >= 15 is 0 Å². The Morgan fingerprint density at radius 3 is 1.22 bits per heavy atom. The third kappa shape index (κ3) is 39.4. The van der Waals surface area contributed by atoms with E-state index in [9.17, 15) is 30.3 Å². The fraction of sp³-hybridized carbons (Fsp3) is 0.850. The molecule has 6 N–H and O–H groups in total. The highest BCUT2D eigenvalue weighted by Gasteiger charge is 2.44. The number of rotatable bonds is 50. The summed E-state index contributed by atoms with van der Waals surface area (Å²) in [5.74, 6) is -0.193. The van der Waals surface area contributed by atoms with Crippen LogP contribution in [0.25, 0.3) is 0 Å². The molecule has 0 radical (unpaired) electrons. The average Bonchev–Trinajstić information content (AvgIpc) is 3.35. The van der Waals surface area contributed by atoms with Crippen LogP contribution >= 0.6 is 0 Å². The van der Waals surface area contributed by atoms with Gasteiger partial charge >= 0.3 is 0 Å². The molecule has 0 aliphatic carbocycles. The van der Waals surface area contributed by atoms with E-state index in [1.807, 2.05) is 6.08 Å².